The van der Waals surface area contributed by atoms with Crippen LogP contribution in [0.4, 0.5) is 0 Å². The number of esters is 1. The first-order valence-electron chi connectivity index (χ1n) is 7.58. The van der Waals surface area contributed by atoms with E-state index in [1.54, 1.807) is 0 Å². The van der Waals surface area contributed by atoms with Gasteiger partial charge in [-0.2, -0.15) is 0 Å². The molecule has 2 atom stereocenters. The molecule has 0 N–H and O–H groups in total. The Morgan fingerprint density at radius 3 is 2.86 bits per heavy atom. The zero-order valence-corrected chi connectivity index (χ0v) is 16.0. The van der Waals surface area contributed by atoms with E-state index >= 15 is 0 Å². The molecule has 2 rings (SSSR count). The molecule has 4 nitrogen and oxygen atoms in total. The van der Waals surface area contributed by atoms with Gasteiger partial charge >= 0.3 is 5.97 Å². The van der Waals surface area contributed by atoms with E-state index in [0.29, 0.717) is 11.8 Å². The van der Waals surface area contributed by atoms with Crippen LogP contribution in [-0.4, -0.2) is 23.2 Å². The number of nitrogens with zero attached hydrogens (tertiary/aromatic N) is 1. The molecule has 0 spiro atoms. The summed E-state index contributed by atoms with van der Waals surface area (Å²) >= 11 is 6.80. The standard InChI is InChI=1S/C16H21Br2NO3/c1-10(2)21-16(20)11-4-3-5-12(8-11)22-14-6-7-15(18)19-13(14)9-17/h6-7,10-12H,3-5,8-9H2,1-2H3/t11-,12-/m0/s1. The summed E-state index contributed by atoms with van der Waals surface area (Å²) in [6, 6.07) is 3.79. The van der Waals surface area contributed by atoms with Gasteiger partial charge in [0.2, 0.25) is 0 Å². The highest BCUT2D eigenvalue weighted by molar-refractivity contribution is 9.10. The van der Waals surface area contributed by atoms with Crippen molar-refractivity contribution in [3.05, 3.63) is 22.4 Å². The molecular formula is C16H21Br2NO3. The number of pyridine rings is 1. The molecule has 1 fully saturated rings. The van der Waals surface area contributed by atoms with Crippen LogP contribution in [0.1, 0.15) is 45.2 Å². The summed E-state index contributed by atoms with van der Waals surface area (Å²) in [5.74, 6) is 0.623. The van der Waals surface area contributed by atoms with Gasteiger partial charge < -0.3 is 9.47 Å². The zero-order valence-electron chi connectivity index (χ0n) is 12.9. The van der Waals surface area contributed by atoms with Crippen molar-refractivity contribution in [1.29, 1.82) is 0 Å². The molecule has 0 amide bonds. The van der Waals surface area contributed by atoms with Crippen LogP contribution in [0.5, 0.6) is 5.75 Å². The first kappa shape index (κ1) is 17.7. The van der Waals surface area contributed by atoms with Gasteiger partial charge in [0.15, 0.2) is 0 Å². The van der Waals surface area contributed by atoms with E-state index in [4.69, 9.17) is 9.47 Å². The fourth-order valence-electron chi connectivity index (χ4n) is 2.64. The molecule has 1 aliphatic carbocycles. The quantitative estimate of drug-likeness (QED) is 0.385. The van der Waals surface area contributed by atoms with Gasteiger partial charge in [0.1, 0.15) is 10.4 Å². The Morgan fingerprint density at radius 2 is 2.18 bits per heavy atom. The SMILES string of the molecule is CC(C)OC(=O)[C@H]1CCC[C@H](Oc2ccc(Br)nc2CBr)C1. The van der Waals surface area contributed by atoms with Gasteiger partial charge in [0.05, 0.1) is 23.8 Å². The monoisotopic (exact) mass is 433 g/mol. The van der Waals surface area contributed by atoms with E-state index in [-0.39, 0.29) is 24.1 Å². The predicted octanol–water partition coefficient (Wildman–Crippen LogP) is 4.63. The Hall–Kier alpha value is -0.620. The van der Waals surface area contributed by atoms with Crippen LogP contribution in [0, 0.1) is 5.92 Å². The highest BCUT2D eigenvalue weighted by Crippen LogP contribution is 2.31. The Balaban J connectivity index is 2.00. The topological polar surface area (TPSA) is 48.4 Å². The van der Waals surface area contributed by atoms with E-state index in [1.165, 1.54) is 0 Å². The molecule has 6 heteroatoms. The van der Waals surface area contributed by atoms with Crippen molar-refractivity contribution in [2.45, 2.75) is 57.1 Å². The van der Waals surface area contributed by atoms with E-state index < -0.39 is 0 Å². The van der Waals surface area contributed by atoms with Crippen molar-refractivity contribution in [2.24, 2.45) is 5.92 Å². The maximum absolute atomic E-state index is 12.1. The molecule has 1 aromatic rings. The Kier molecular flexibility index (Phi) is 6.68. The van der Waals surface area contributed by atoms with Crippen LogP contribution in [0.15, 0.2) is 16.7 Å². The normalized spacial score (nSPS) is 21.7. The summed E-state index contributed by atoms with van der Waals surface area (Å²) in [5, 5.41) is 0.632. The minimum Gasteiger partial charge on any atom is -0.488 e. The number of carbonyl (C=O) groups excluding carboxylic acids is 1. The molecular weight excluding hydrogens is 414 g/mol. The second-order valence-electron chi connectivity index (χ2n) is 5.80. The summed E-state index contributed by atoms with van der Waals surface area (Å²) in [5.41, 5.74) is 0.862. The van der Waals surface area contributed by atoms with Crippen LogP contribution in [0.2, 0.25) is 0 Å². The van der Waals surface area contributed by atoms with Crippen molar-refractivity contribution in [3.8, 4) is 5.75 Å². The summed E-state index contributed by atoms with van der Waals surface area (Å²) in [4.78, 5) is 16.5. The fraction of sp³-hybridized carbons (Fsp3) is 0.625. The largest absolute Gasteiger partial charge is 0.488 e. The first-order valence-corrected chi connectivity index (χ1v) is 9.49. The van der Waals surface area contributed by atoms with Gasteiger partial charge in [0.25, 0.3) is 0 Å². The van der Waals surface area contributed by atoms with Crippen LogP contribution in [0.3, 0.4) is 0 Å². The number of hydrogen-bond acceptors (Lipinski definition) is 4. The molecule has 122 valence electrons. The van der Waals surface area contributed by atoms with Gasteiger partial charge in [-0.1, -0.05) is 15.9 Å². The average Bonchev–Trinajstić information content (AvgIpc) is 2.48. The van der Waals surface area contributed by atoms with Gasteiger partial charge in [0, 0.05) is 5.33 Å². The molecule has 0 aromatic carbocycles. The Labute approximate surface area is 148 Å². The molecule has 22 heavy (non-hydrogen) atoms. The van der Waals surface area contributed by atoms with E-state index in [9.17, 15) is 4.79 Å². The second-order valence-corrected chi connectivity index (χ2v) is 7.17. The summed E-state index contributed by atoms with van der Waals surface area (Å²) in [6.07, 6.45) is 3.52. The Bertz CT molecular complexity index is 522. The molecule has 0 unspecified atom stereocenters. The number of hydrogen-bond donors (Lipinski definition) is 0. The number of rotatable bonds is 5. The van der Waals surface area contributed by atoms with E-state index in [0.717, 1.165) is 35.3 Å². The second kappa shape index (κ2) is 8.29. The van der Waals surface area contributed by atoms with Gasteiger partial charge in [-0.05, 0) is 67.6 Å². The number of carbonyl (C=O) groups is 1. The highest BCUT2D eigenvalue weighted by atomic mass is 79.9. The van der Waals surface area contributed by atoms with Crippen molar-refractivity contribution >= 4 is 37.8 Å². The first-order chi connectivity index (χ1) is 10.5. The van der Waals surface area contributed by atoms with Crippen LogP contribution >= 0.6 is 31.9 Å². The number of aromatic nitrogens is 1. The molecule has 0 radical (unpaired) electrons. The minimum atomic E-state index is -0.0991. The summed E-state index contributed by atoms with van der Waals surface area (Å²) in [7, 11) is 0. The van der Waals surface area contributed by atoms with E-state index in [1.807, 2.05) is 26.0 Å². The van der Waals surface area contributed by atoms with Gasteiger partial charge in [-0.15, -0.1) is 0 Å². The zero-order chi connectivity index (χ0) is 16.1. The third kappa shape index (κ3) is 4.95. The fourth-order valence-corrected chi connectivity index (χ4v) is 3.39. The average molecular weight is 435 g/mol. The van der Waals surface area contributed by atoms with E-state index in [2.05, 4.69) is 36.8 Å². The smallest absolute Gasteiger partial charge is 0.309 e. The third-order valence-electron chi connectivity index (χ3n) is 3.63. The van der Waals surface area contributed by atoms with Gasteiger partial charge in [-0.25, -0.2) is 4.98 Å². The maximum Gasteiger partial charge on any atom is 0.309 e. The molecule has 0 bridgehead atoms. The number of alkyl halides is 1. The summed E-state index contributed by atoms with van der Waals surface area (Å²) < 4.78 is 12.2. The highest BCUT2D eigenvalue weighted by Gasteiger charge is 2.30. The lowest BCUT2D eigenvalue weighted by Crippen LogP contribution is -2.32. The van der Waals surface area contributed by atoms with Gasteiger partial charge in [-0.3, -0.25) is 4.79 Å². The minimum absolute atomic E-state index is 0.0410. The van der Waals surface area contributed by atoms with Crippen molar-refractivity contribution < 1.29 is 14.3 Å². The van der Waals surface area contributed by atoms with Crippen LogP contribution in [-0.2, 0) is 14.9 Å². The van der Waals surface area contributed by atoms with Crippen molar-refractivity contribution in [1.82, 2.24) is 4.98 Å². The maximum atomic E-state index is 12.1. The van der Waals surface area contributed by atoms with Crippen molar-refractivity contribution in [3.63, 3.8) is 0 Å². The molecule has 0 saturated heterocycles. The molecule has 1 saturated carbocycles. The predicted molar refractivity (Wildman–Crippen MR) is 92.2 cm³/mol. The molecule has 1 aliphatic rings. The van der Waals surface area contributed by atoms with Crippen molar-refractivity contribution in [2.75, 3.05) is 0 Å². The number of ether oxygens (including phenoxy) is 2. The molecule has 0 aliphatic heterocycles. The lowest BCUT2D eigenvalue weighted by Gasteiger charge is -2.29. The number of halogens is 2. The molecule has 1 heterocycles. The third-order valence-corrected chi connectivity index (χ3v) is 4.60. The lowest BCUT2D eigenvalue weighted by atomic mass is 9.87. The van der Waals surface area contributed by atoms with Crippen LogP contribution in [0.25, 0.3) is 0 Å². The molecule has 1 aromatic heterocycles. The summed E-state index contributed by atoms with van der Waals surface area (Å²) in [6.45, 7) is 3.76. The van der Waals surface area contributed by atoms with Crippen LogP contribution < -0.4 is 4.74 Å². The lowest BCUT2D eigenvalue weighted by molar-refractivity contribution is -0.154. The Morgan fingerprint density at radius 1 is 1.41 bits per heavy atom.